The maximum Gasteiger partial charge on any atom is 0.305 e. The number of pyridine rings is 1. The zero-order valence-electron chi connectivity index (χ0n) is 20.5. The fraction of sp³-hybridized carbons (Fsp3) is 0.296. The second-order valence-corrected chi connectivity index (χ2v) is 11.8. The molecule has 1 aliphatic carbocycles. The van der Waals surface area contributed by atoms with E-state index >= 15 is 0 Å². The zero-order chi connectivity index (χ0) is 25.6. The predicted molar refractivity (Wildman–Crippen MR) is 152 cm³/mol. The molecule has 0 saturated carbocycles. The minimum Gasteiger partial charge on any atom is -0.353 e. The first kappa shape index (κ1) is 23.3. The number of rotatable bonds is 4. The number of carbonyl (C=O) groups is 1. The number of piperazine rings is 1. The summed E-state index contributed by atoms with van der Waals surface area (Å²) in [5, 5.41) is 4.50. The molecule has 2 aliphatic rings. The number of fused-ring (bicyclic) bond motifs is 4. The van der Waals surface area contributed by atoms with Crippen LogP contribution < -0.4 is 15.1 Å². The first-order chi connectivity index (χ1) is 18.6. The molecule has 1 aromatic carbocycles. The number of aromatic nitrogens is 4. The Morgan fingerprint density at radius 3 is 2.79 bits per heavy atom. The first-order valence-corrected chi connectivity index (χ1v) is 14.4. The van der Waals surface area contributed by atoms with Gasteiger partial charge in [0, 0.05) is 48.9 Å². The molecule has 7 rings (SSSR count). The third-order valence-corrected chi connectivity index (χ3v) is 9.45. The molecule has 192 valence electrons. The lowest BCUT2D eigenvalue weighted by Crippen LogP contribution is -2.51. The van der Waals surface area contributed by atoms with E-state index in [-0.39, 0.29) is 16.7 Å². The quantitative estimate of drug-likeness (QED) is 0.350. The smallest absolute Gasteiger partial charge is 0.305 e. The standard InChI is InChI=1S/C27H25N7O2S2/c35-26(34-11-9-33(10-12-34)22-3-1-2-8-28-22)16-4-6-18-20(13-16)37-25-23(18)24(29-15-30-25)31-17-5-7-19-21(14-17)38-27(36)32-19/h1-3,5,7-8,14-16H,4,6,9-13H2,(H,32,36)(H,29,30,31). The molecule has 5 heterocycles. The SMILES string of the molecule is O=C(C1CCc2c(sc3ncnc(Nc4ccc5[nH]c(=O)sc5c4)c23)C1)N1CCN(c2ccccn2)CC1. The van der Waals surface area contributed by atoms with Gasteiger partial charge in [-0.25, -0.2) is 15.0 Å². The molecule has 38 heavy (non-hydrogen) atoms. The Bertz CT molecular complexity index is 1700. The van der Waals surface area contributed by atoms with E-state index in [0.29, 0.717) is 0 Å². The van der Waals surface area contributed by atoms with E-state index in [1.54, 1.807) is 17.7 Å². The summed E-state index contributed by atoms with van der Waals surface area (Å²) < 4.78 is 0.903. The summed E-state index contributed by atoms with van der Waals surface area (Å²) >= 11 is 2.87. The van der Waals surface area contributed by atoms with E-state index in [1.165, 1.54) is 21.8 Å². The molecule has 1 amide bonds. The average Bonchev–Trinajstić information content (AvgIpc) is 3.52. The Balaban J connectivity index is 1.08. The number of aryl methyl sites for hydroxylation is 1. The van der Waals surface area contributed by atoms with Crippen molar-refractivity contribution in [1.82, 2.24) is 24.8 Å². The Morgan fingerprint density at radius 2 is 1.95 bits per heavy atom. The molecule has 1 unspecified atom stereocenters. The van der Waals surface area contributed by atoms with Crippen LogP contribution in [0.2, 0.25) is 0 Å². The number of amides is 1. The van der Waals surface area contributed by atoms with Crippen molar-refractivity contribution in [2.75, 3.05) is 36.4 Å². The lowest BCUT2D eigenvalue weighted by molar-refractivity contribution is -0.136. The highest BCUT2D eigenvalue weighted by molar-refractivity contribution is 7.19. The van der Waals surface area contributed by atoms with Crippen molar-refractivity contribution < 1.29 is 4.79 Å². The van der Waals surface area contributed by atoms with Crippen molar-refractivity contribution in [2.24, 2.45) is 5.92 Å². The number of H-pyrrole nitrogens is 1. The van der Waals surface area contributed by atoms with Gasteiger partial charge in [-0.3, -0.25) is 9.59 Å². The van der Waals surface area contributed by atoms with Gasteiger partial charge in [0.25, 0.3) is 0 Å². The van der Waals surface area contributed by atoms with Crippen LogP contribution in [-0.4, -0.2) is 56.9 Å². The molecule has 1 aliphatic heterocycles. The Labute approximate surface area is 226 Å². The number of thiophene rings is 1. The Morgan fingerprint density at radius 1 is 1.05 bits per heavy atom. The maximum atomic E-state index is 13.5. The average molecular weight is 544 g/mol. The topological polar surface area (TPSA) is 107 Å². The summed E-state index contributed by atoms with van der Waals surface area (Å²) in [6.45, 7) is 3.06. The molecule has 0 radical (unpaired) electrons. The van der Waals surface area contributed by atoms with Gasteiger partial charge in [0.05, 0.1) is 15.6 Å². The van der Waals surface area contributed by atoms with E-state index in [9.17, 15) is 9.59 Å². The zero-order valence-corrected chi connectivity index (χ0v) is 22.1. The molecule has 9 nitrogen and oxygen atoms in total. The third-order valence-electron chi connectivity index (χ3n) is 7.44. The summed E-state index contributed by atoms with van der Waals surface area (Å²) in [7, 11) is 0. The molecule has 0 spiro atoms. The lowest BCUT2D eigenvalue weighted by Gasteiger charge is -2.37. The molecule has 1 saturated heterocycles. The fourth-order valence-electron chi connectivity index (χ4n) is 5.53. The minimum absolute atomic E-state index is 0.0000959. The normalized spacial score (nSPS) is 17.6. The summed E-state index contributed by atoms with van der Waals surface area (Å²) in [4.78, 5) is 48.0. The summed E-state index contributed by atoms with van der Waals surface area (Å²) in [5.41, 5.74) is 2.96. The molecule has 0 bridgehead atoms. The van der Waals surface area contributed by atoms with Gasteiger partial charge in [0.15, 0.2) is 0 Å². The largest absolute Gasteiger partial charge is 0.353 e. The van der Waals surface area contributed by atoms with E-state index in [4.69, 9.17) is 0 Å². The molecule has 1 fully saturated rings. The van der Waals surface area contributed by atoms with Crippen LogP contribution in [0.1, 0.15) is 16.9 Å². The molecule has 4 aromatic heterocycles. The first-order valence-electron chi connectivity index (χ1n) is 12.7. The molecule has 11 heteroatoms. The van der Waals surface area contributed by atoms with Crippen LogP contribution in [-0.2, 0) is 17.6 Å². The van der Waals surface area contributed by atoms with E-state index in [1.807, 2.05) is 47.5 Å². The molecule has 1 atom stereocenters. The van der Waals surface area contributed by atoms with Gasteiger partial charge in [-0.05, 0) is 55.2 Å². The van der Waals surface area contributed by atoms with E-state index < -0.39 is 0 Å². The highest BCUT2D eigenvalue weighted by Crippen LogP contribution is 2.41. The Kier molecular flexibility index (Phi) is 5.81. The summed E-state index contributed by atoms with van der Waals surface area (Å²) in [5.74, 6) is 2.00. The van der Waals surface area contributed by atoms with Crippen molar-refractivity contribution in [3.8, 4) is 0 Å². The van der Waals surface area contributed by atoms with E-state index in [2.05, 4.69) is 30.2 Å². The molecular weight excluding hydrogens is 518 g/mol. The van der Waals surface area contributed by atoms with Gasteiger partial charge in [-0.15, -0.1) is 11.3 Å². The van der Waals surface area contributed by atoms with Gasteiger partial charge in [0.1, 0.15) is 22.8 Å². The third kappa shape index (κ3) is 4.21. The lowest BCUT2D eigenvalue weighted by atomic mass is 9.86. The van der Waals surface area contributed by atoms with Crippen LogP contribution in [0.15, 0.2) is 53.7 Å². The fourth-order valence-corrected chi connectivity index (χ4v) is 7.57. The number of nitrogens with zero attached hydrogens (tertiary/aromatic N) is 5. The Hall–Kier alpha value is -3.83. The van der Waals surface area contributed by atoms with Crippen molar-refractivity contribution in [3.63, 3.8) is 0 Å². The highest BCUT2D eigenvalue weighted by Gasteiger charge is 2.33. The summed E-state index contributed by atoms with van der Waals surface area (Å²) in [6.07, 6.45) is 5.81. The highest BCUT2D eigenvalue weighted by atomic mass is 32.1. The second-order valence-electron chi connectivity index (χ2n) is 9.70. The number of benzene rings is 1. The number of anilines is 3. The van der Waals surface area contributed by atoms with Crippen LogP contribution in [0.25, 0.3) is 20.4 Å². The monoisotopic (exact) mass is 543 g/mol. The number of aromatic amines is 1. The molecule has 5 aromatic rings. The van der Waals surface area contributed by atoms with Gasteiger partial charge in [0.2, 0.25) is 5.91 Å². The van der Waals surface area contributed by atoms with Crippen molar-refractivity contribution in [1.29, 1.82) is 0 Å². The number of carbonyl (C=O) groups excluding carboxylic acids is 1. The maximum absolute atomic E-state index is 13.5. The van der Waals surface area contributed by atoms with Gasteiger partial charge in [-0.1, -0.05) is 17.4 Å². The number of hydrogen-bond acceptors (Lipinski definition) is 9. The predicted octanol–water partition coefficient (Wildman–Crippen LogP) is 4.19. The second kappa shape index (κ2) is 9.48. The van der Waals surface area contributed by atoms with Crippen LogP contribution in [0.3, 0.4) is 0 Å². The molecular formula is C27H25N7O2S2. The van der Waals surface area contributed by atoms with Crippen LogP contribution in [0.4, 0.5) is 17.3 Å². The van der Waals surface area contributed by atoms with Crippen LogP contribution >= 0.6 is 22.7 Å². The van der Waals surface area contributed by atoms with Crippen molar-refractivity contribution in [2.45, 2.75) is 19.3 Å². The van der Waals surface area contributed by atoms with Crippen molar-refractivity contribution in [3.05, 3.63) is 69.0 Å². The summed E-state index contributed by atoms with van der Waals surface area (Å²) in [6, 6.07) is 11.8. The molecule has 2 N–H and O–H groups in total. The van der Waals surface area contributed by atoms with E-state index in [0.717, 1.165) is 83.2 Å². The number of hydrogen-bond donors (Lipinski definition) is 2. The van der Waals surface area contributed by atoms with Crippen LogP contribution in [0.5, 0.6) is 0 Å². The van der Waals surface area contributed by atoms with Crippen molar-refractivity contribution >= 4 is 66.3 Å². The van der Waals surface area contributed by atoms with Crippen LogP contribution in [0, 0.1) is 5.92 Å². The number of nitrogens with one attached hydrogen (secondary N) is 2. The minimum atomic E-state index is -0.0623. The van der Waals surface area contributed by atoms with Gasteiger partial charge >= 0.3 is 4.87 Å². The van der Waals surface area contributed by atoms with Gasteiger partial charge < -0.3 is 20.1 Å². The number of thiazole rings is 1. The van der Waals surface area contributed by atoms with Gasteiger partial charge in [-0.2, -0.15) is 0 Å².